The summed E-state index contributed by atoms with van der Waals surface area (Å²) in [6, 6.07) is 16.3. The topological polar surface area (TPSA) is 79.0 Å². The van der Waals surface area contributed by atoms with Gasteiger partial charge >= 0.3 is 5.97 Å². The highest BCUT2D eigenvalue weighted by molar-refractivity contribution is 7.98. The van der Waals surface area contributed by atoms with Crippen LogP contribution in [0.25, 0.3) is 0 Å². The number of methoxy groups -OCH3 is 1. The lowest BCUT2D eigenvalue weighted by atomic mass is 9.78. The third kappa shape index (κ3) is 3.81. The van der Waals surface area contributed by atoms with Gasteiger partial charge in [-0.3, -0.25) is 19.7 Å². The largest absolute Gasteiger partial charge is 0.468 e. The highest BCUT2D eigenvalue weighted by Crippen LogP contribution is 2.51. The summed E-state index contributed by atoms with van der Waals surface area (Å²) in [6.45, 7) is 0. The molecule has 4 rings (SSSR count). The number of benzene rings is 2. The molecule has 0 bridgehead atoms. The summed E-state index contributed by atoms with van der Waals surface area (Å²) in [4.78, 5) is 43.9. The molecule has 2 heterocycles. The molecule has 0 aromatic heterocycles. The predicted octanol–water partition coefficient (Wildman–Crippen LogP) is 2.87. The van der Waals surface area contributed by atoms with Crippen LogP contribution in [-0.4, -0.2) is 56.5 Å². The lowest BCUT2D eigenvalue weighted by Crippen LogP contribution is -2.56. The normalized spacial score (nSPS) is 26.4. The first-order valence-corrected chi connectivity index (χ1v) is 12.3. The molecule has 0 saturated carbocycles. The Kier molecular flexibility index (Phi) is 6.50. The van der Waals surface area contributed by atoms with Crippen LogP contribution in [0, 0.1) is 11.8 Å². The molecule has 2 amide bonds. The third-order valence-electron chi connectivity index (χ3n) is 6.69. The van der Waals surface area contributed by atoms with E-state index in [1.165, 1.54) is 12.0 Å². The average Bonchev–Trinajstić information content (AvgIpc) is 3.32. The zero-order valence-electron chi connectivity index (χ0n) is 19.3. The van der Waals surface area contributed by atoms with Crippen LogP contribution in [0.1, 0.15) is 18.0 Å². The summed E-state index contributed by atoms with van der Waals surface area (Å²) >= 11 is 1.59. The van der Waals surface area contributed by atoms with E-state index in [0.717, 1.165) is 11.3 Å². The number of esters is 1. The Morgan fingerprint density at radius 3 is 2.33 bits per heavy atom. The number of para-hydroxylation sites is 1. The Balaban J connectivity index is 1.83. The lowest BCUT2D eigenvalue weighted by Gasteiger charge is -2.32. The van der Waals surface area contributed by atoms with Crippen molar-refractivity contribution in [1.82, 2.24) is 5.32 Å². The van der Waals surface area contributed by atoms with E-state index in [-0.39, 0.29) is 11.8 Å². The molecule has 2 aromatic rings. The van der Waals surface area contributed by atoms with Gasteiger partial charge in [0.05, 0.1) is 24.6 Å². The number of hydrogen-bond donors (Lipinski definition) is 1. The predicted molar refractivity (Wildman–Crippen MR) is 130 cm³/mol. The van der Waals surface area contributed by atoms with E-state index in [4.69, 9.17) is 4.74 Å². The van der Waals surface area contributed by atoms with Crippen LogP contribution in [0.2, 0.25) is 0 Å². The molecule has 0 radical (unpaired) electrons. The second-order valence-electron chi connectivity index (χ2n) is 8.66. The van der Waals surface area contributed by atoms with Gasteiger partial charge in [0.1, 0.15) is 5.54 Å². The molecule has 33 heavy (non-hydrogen) atoms. The molecule has 2 fully saturated rings. The number of imide groups is 1. The van der Waals surface area contributed by atoms with E-state index in [1.807, 2.05) is 55.6 Å². The summed E-state index contributed by atoms with van der Waals surface area (Å²) in [7, 11) is 5.25. The van der Waals surface area contributed by atoms with E-state index in [2.05, 4.69) is 5.32 Å². The zero-order chi connectivity index (χ0) is 23.8. The summed E-state index contributed by atoms with van der Waals surface area (Å²) < 4.78 is 5.20. The van der Waals surface area contributed by atoms with Gasteiger partial charge in [0, 0.05) is 25.8 Å². The van der Waals surface area contributed by atoms with Crippen molar-refractivity contribution in [2.24, 2.45) is 11.8 Å². The molecule has 8 heteroatoms. The molecule has 2 aliphatic rings. The molecule has 0 aliphatic carbocycles. The van der Waals surface area contributed by atoms with Gasteiger partial charge in [-0.15, -0.1) is 0 Å². The standard InChI is InChI=1S/C25H29N3O4S/c1-27(2)17-12-10-16(11-13-17)21-19-20(25(26-21,14-15-33-4)24(31)32-3)23(30)28(22(19)29)18-8-6-5-7-9-18/h5-13,19-21,26H,14-15H2,1-4H3/t19-,20+,21-,25+/m1/s1. The molecule has 0 unspecified atom stereocenters. The molecular formula is C25H29N3O4S. The van der Waals surface area contributed by atoms with Gasteiger partial charge in [-0.2, -0.15) is 11.8 Å². The van der Waals surface area contributed by atoms with Crippen molar-refractivity contribution in [3.63, 3.8) is 0 Å². The number of nitrogens with zero attached hydrogens (tertiary/aromatic N) is 2. The fraction of sp³-hybridized carbons (Fsp3) is 0.400. The number of hydrogen-bond acceptors (Lipinski definition) is 7. The van der Waals surface area contributed by atoms with Crippen LogP contribution in [0.5, 0.6) is 0 Å². The maximum atomic E-state index is 13.8. The molecule has 174 valence electrons. The van der Waals surface area contributed by atoms with E-state index < -0.39 is 29.4 Å². The van der Waals surface area contributed by atoms with Gasteiger partial charge in [0.25, 0.3) is 0 Å². The van der Waals surface area contributed by atoms with Crippen molar-refractivity contribution < 1.29 is 19.1 Å². The van der Waals surface area contributed by atoms with Crippen LogP contribution in [0.3, 0.4) is 0 Å². The molecular weight excluding hydrogens is 438 g/mol. The van der Waals surface area contributed by atoms with Crippen LogP contribution in [0.15, 0.2) is 54.6 Å². The number of rotatable bonds is 7. The Labute approximate surface area is 198 Å². The second kappa shape index (κ2) is 9.19. The van der Waals surface area contributed by atoms with E-state index in [1.54, 1.807) is 36.0 Å². The van der Waals surface area contributed by atoms with Crippen molar-refractivity contribution in [2.75, 3.05) is 43.0 Å². The van der Waals surface area contributed by atoms with Crippen molar-refractivity contribution in [1.29, 1.82) is 0 Å². The Hall–Kier alpha value is -2.84. The maximum absolute atomic E-state index is 13.8. The number of fused-ring (bicyclic) bond motifs is 1. The number of amides is 2. The SMILES string of the molecule is COC(=O)[C@@]1(CCSC)N[C@H](c2ccc(N(C)C)cc2)[C@@H]2C(=O)N(c3ccccc3)C(=O)[C@H]21. The minimum atomic E-state index is -1.27. The van der Waals surface area contributed by atoms with E-state index in [9.17, 15) is 14.4 Å². The zero-order valence-corrected chi connectivity index (χ0v) is 20.1. The number of anilines is 2. The number of carbonyl (C=O) groups excluding carboxylic acids is 3. The van der Waals surface area contributed by atoms with Gasteiger partial charge in [-0.25, -0.2) is 4.90 Å². The molecule has 1 N–H and O–H groups in total. The minimum absolute atomic E-state index is 0.291. The number of ether oxygens (including phenoxy) is 1. The van der Waals surface area contributed by atoms with Gasteiger partial charge < -0.3 is 9.64 Å². The second-order valence-corrected chi connectivity index (χ2v) is 9.65. The first-order valence-electron chi connectivity index (χ1n) is 10.9. The summed E-state index contributed by atoms with van der Waals surface area (Å²) in [5.41, 5.74) is 1.13. The quantitative estimate of drug-likeness (QED) is 0.496. The van der Waals surface area contributed by atoms with E-state index in [0.29, 0.717) is 17.9 Å². The highest BCUT2D eigenvalue weighted by atomic mass is 32.2. The molecule has 2 aliphatic heterocycles. The monoisotopic (exact) mass is 467 g/mol. The minimum Gasteiger partial charge on any atom is -0.468 e. The number of carbonyl (C=O) groups is 3. The fourth-order valence-electron chi connectivity index (χ4n) is 5.07. The number of nitrogens with one attached hydrogen (secondary N) is 1. The van der Waals surface area contributed by atoms with E-state index >= 15 is 0 Å². The average molecular weight is 468 g/mol. The van der Waals surface area contributed by atoms with Gasteiger partial charge in [0.15, 0.2) is 0 Å². The van der Waals surface area contributed by atoms with Crippen LogP contribution in [0.4, 0.5) is 11.4 Å². The first-order chi connectivity index (χ1) is 15.9. The van der Waals surface area contributed by atoms with Gasteiger partial charge in [-0.1, -0.05) is 30.3 Å². The Bertz CT molecular complexity index is 1040. The van der Waals surface area contributed by atoms with Crippen molar-refractivity contribution in [3.05, 3.63) is 60.2 Å². The van der Waals surface area contributed by atoms with Crippen LogP contribution >= 0.6 is 11.8 Å². The Morgan fingerprint density at radius 2 is 1.76 bits per heavy atom. The summed E-state index contributed by atoms with van der Waals surface area (Å²) in [5, 5.41) is 3.42. The third-order valence-corrected chi connectivity index (χ3v) is 7.30. The van der Waals surface area contributed by atoms with Gasteiger partial charge in [-0.05, 0) is 48.3 Å². The highest BCUT2D eigenvalue weighted by Gasteiger charge is 2.68. The van der Waals surface area contributed by atoms with Gasteiger partial charge in [0.2, 0.25) is 11.8 Å². The van der Waals surface area contributed by atoms with Crippen LogP contribution in [-0.2, 0) is 19.1 Å². The Morgan fingerprint density at radius 1 is 1.09 bits per heavy atom. The van der Waals surface area contributed by atoms with Crippen molar-refractivity contribution >= 4 is 40.9 Å². The molecule has 0 spiro atoms. The fourth-order valence-corrected chi connectivity index (χ4v) is 5.59. The number of thioether (sulfide) groups is 1. The van der Waals surface area contributed by atoms with Crippen molar-refractivity contribution in [3.8, 4) is 0 Å². The molecule has 2 saturated heterocycles. The lowest BCUT2D eigenvalue weighted by molar-refractivity contribution is -0.152. The summed E-state index contributed by atoms with van der Waals surface area (Å²) in [6.07, 6.45) is 2.34. The summed E-state index contributed by atoms with van der Waals surface area (Å²) in [5.74, 6) is -2.06. The maximum Gasteiger partial charge on any atom is 0.326 e. The first kappa shape index (κ1) is 23.3. The van der Waals surface area contributed by atoms with Crippen molar-refractivity contribution in [2.45, 2.75) is 18.0 Å². The molecule has 7 nitrogen and oxygen atoms in total. The molecule has 2 aromatic carbocycles. The van der Waals surface area contributed by atoms with Crippen LogP contribution < -0.4 is 15.1 Å². The smallest absolute Gasteiger partial charge is 0.326 e. The molecule has 4 atom stereocenters.